The summed E-state index contributed by atoms with van der Waals surface area (Å²) in [4.78, 5) is 35.9. The second kappa shape index (κ2) is 15.8. The molecule has 0 amide bonds. The van der Waals surface area contributed by atoms with E-state index in [1.807, 2.05) is 12.1 Å². The van der Waals surface area contributed by atoms with Crippen LogP contribution in [0, 0.1) is 0 Å². The van der Waals surface area contributed by atoms with Crippen molar-refractivity contribution < 1.29 is 33.3 Å². The lowest BCUT2D eigenvalue weighted by atomic mass is 10.1. The van der Waals surface area contributed by atoms with Gasteiger partial charge < -0.3 is 18.9 Å². The van der Waals surface area contributed by atoms with Crippen molar-refractivity contribution >= 4 is 17.9 Å². The molecular weight excluding hydrogens is 496 g/mol. The van der Waals surface area contributed by atoms with Gasteiger partial charge in [-0.3, -0.25) is 0 Å². The van der Waals surface area contributed by atoms with Crippen LogP contribution in [0.25, 0.3) is 0 Å². The van der Waals surface area contributed by atoms with Gasteiger partial charge in [-0.25, -0.2) is 14.4 Å². The van der Waals surface area contributed by atoms with Crippen LogP contribution in [-0.4, -0.2) is 31.1 Å². The third-order valence-corrected chi connectivity index (χ3v) is 5.90. The van der Waals surface area contributed by atoms with Crippen LogP contribution in [0.15, 0.2) is 85.5 Å². The molecule has 3 rings (SSSR count). The number of hydrogen-bond donors (Lipinski definition) is 0. The van der Waals surface area contributed by atoms with Gasteiger partial charge in [0, 0.05) is 6.08 Å². The fraction of sp³-hybridized carbons (Fsp3) is 0.281. The maximum atomic E-state index is 12.5. The SMILES string of the molecule is C=CC(=O)OCCCCCCCOc1ccc(C(=O)Oc2ccc(C(=O)Oc3ccc(CC)cc3)cc2)cc1. The lowest BCUT2D eigenvalue weighted by Gasteiger charge is -2.08. The fourth-order valence-corrected chi connectivity index (χ4v) is 3.63. The maximum Gasteiger partial charge on any atom is 0.343 e. The molecule has 0 radical (unpaired) electrons. The molecule has 0 aromatic heterocycles. The molecule has 0 spiro atoms. The smallest absolute Gasteiger partial charge is 0.343 e. The molecule has 0 unspecified atom stereocenters. The van der Waals surface area contributed by atoms with Crippen LogP contribution in [0.2, 0.25) is 0 Å². The van der Waals surface area contributed by atoms with Crippen molar-refractivity contribution in [3.8, 4) is 17.2 Å². The van der Waals surface area contributed by atoms with Crippen LogP contribution in [0.3, 0.4) is 0 Å². The Morgan fingerprint density at radius 2 is 1.10 bits per heavy atom. The first-order chi connectivity index (χ1) is 19.0. The molecule has 7 nitrogen and oxygen atoms in total. The summed E-state index contributed by atoms with van der Waals surface area (Å²) in [5.74, 6) is 0.0925. The highest BCUT2D eigenvalue weighted by molar-refractivity contribution is 5.92. The third-order valence-electron chi connectivity index (χ3n) is 5.90. The minimum atomic E-state index is -0.508. The summed E-state index contributed by atoms with van der Waals surface area (Å²) in [5.41, 5.74) is 1.90. The zero-order valence-electron chi connectivity index (χ0n) is 22.2. The molecule has 3 aromatic carbocycles. The van der Waals surface area contributed by atoms with Crippen molar-refractivity contribution in [2.75, 3.05) is 13.2 Å². The molecule has 7 heteroatoms. The van der Waals surface area contributed by atoms with Crippen LogP contribution >= 0.6 is 0 Å². The molecule has 0 N–H and O–H groups in total. The number of rotatable bonds is 15. The van der Waals surface area contributed by atoms with E-state index < -0.39 is 11.9 Å². The van der Waals surface area contributed by atoms with E-state index in [0.717, 1.165) is 44.1 Å². The Labute approximate surface area is 229 Å². The summed E-state index contributed by atoms with van der Waals surface area (Å²) in [6.45, 7) is 6.42. The largest absolute Gasteiger partial charge is 0.494 e. The number of hydrogen-bond acceptors (Lipinski definition) is 7. The number of esters is 3. The number of benzene rings is 3. The lowest BCUT2D eigenvalue weighted by molar-refractivity contribution is -0.137. The first kappa shape index (κ1) is 29.2. The highest BCUT2D eigenvalue weighted by Crippen LogP contribution is 2.19. The van der Waals surface area contributed by atoms with Gasteiger partial charge in [-0.1, -0.05) is 44.9 Å². The second-order valence-corrected chi connectivity index (χ2v) is 8.81. The molecule has 0 saturated carbocycles. The molecule has 0 aliphatic carbocycles. The van der Waals surface area contributed by atoms with Crippen molar-refractivity contribution in [2.45, 2.75) is 45.4 Å². The molecule has 204 valence electrons. The van der Waals surface area contributed by atoms with Gasteiger partial charge in [0.05, 0.1) is 24.3 Å². The van der Waals surface area contributed by atoms with Crippen LogP contribution in [0.1, 0.15) is 65.3 Å². The first-order valence-corrected chi connectivity index (χ1v) is 13.1. The number of carbonyl (C=O) groups excluding carboxylic acids is 3. The monoisotopic (exact) mass is 530 g/mol. The van der Waals surface area contributed by atoms with E-state index >= 15 is 0 Å². The standard InChI is InChI=1S/C32H34O7/c1-3-24-10-16-28(17-11-24)38-32(35)26-14-20-29(21-15-26)39-31(34)25-12-18-27(19-13-25)36-22-8-6-5-7-9-23-37-30(33)4-2/h4,10-21H,2-3,5-9,22-23H2,1H3. The molecule has 0 heterocycles. The van der Waals surface area contributed by atoms with E-state index in [1.165, 1.54) is 6.08 Å². The lowest BCUT2D eigenvalue weighted by Crippen LogP contribution is -2.10. The Bertz CT molecular complexity index is 1210. The Balaban J connectivity index is 1.36. The summed E-state index contributed by atoms with van der Waals surface area (Å²) in [6, 6.07) is 20.4. The van der Waals surface area contributed by atoms with Gasteiger partial charge in [0.25, 0.3) is 0 Å². The first-order valence-electron chi connectivity index (χ1n) is 13.1. The van der Waals surface area contributed by atoms with Crippen molar-refractivity contribution in [1.29, 1.82) is 0 Å². The number of ether oxygens (including phenoxy) is 4. The van der Waals surface area contributed by atoms with Crippen LogP contribution in [0.4, 0.5) is 0 Å². The third kappa shape index (κ3) is 10.1. The highest BCUT2D eigenvalue weighted by atomic mass is 16.5. The summed E-state index contributed by atoms with van der Waals surface area (Å²) in [7, 11) is 0. The minimum Gasteiger partial charge on any atom is -0.494 e. The van der Waals surface area contributed by atoms with Gasteiger partial charge >= 0.3 is 17.9 Å². The predicted octanol–water partition coefficient (Wildman–Crippen LogP) is 6.75. The van der Waals surface area contributed by atoms with Gasteiger partial charge in [0.1, 0.15) is 17.2 Å². The topological polar surface area (TPSA) is 88.1 Å². The quantitative estimate of drug-likeness (QED) is 0.0930. The van der Waals surface area contributed by atoms with Crippen LogP contribution < -0.4 is 14.2 Å². The van der Waals surface area contributed by atoms with E-state index in [0.29, 0.717) is 41.6 Å². The molecule has 3 aromatic rings. The van der Waals surface area contributed by atoms with Crippen LogP contribution in [0.5, 0.6) is 17.2 Å². The average Bonchev–Trinajstić information content (AvgIpc) is 2.97. The van der Waals surface area contributed by atoms with Crippen LogP contribution in [-0.2, 0) is 16.0 Å². The van der Waals surface area contributed by atoms with E-state index in [-0.39, 0.29) is 5.97 Å². The summed E-state index contributed by atoms with van der Waals surface area (Å²) in [5, 5.41) is 0. The van der Waals surface area contributed by atoms with Gasteiger partial charge in [-0.15, -0.1) is 0 Å². The summed E-state index contributed by atoms with van der Waals surface area (Å²) >= 11 is 0. The summed E-state index contributed by atoms with van der Waals surface area (Å²) < 4.78 is 21.5. The number of aryl methyl sites for hydroxylation is 1. The van der Waals surface area contributed by atoms with Gasteiger partial charge in [0.2, 0.25) is 0 Å². The van der Waals surface area contributed by atoms with Gasteiger partial charge in [-0.2, -0.15) is 0 Å². The molecule has 0 aliphatic rings. The maximum absolute atomic E-state index is 12.5. The average molecular weight is 531 g/mol. The summed E-state index contributed by atoms with van der Waals surface area (Å²) in [6.07, 6.45) is 6.86. The van der Waals surface area contributed by atoms with E-state index in [1.54, 1.807) is 60.7 Å². The Kier molecular flexibility index (Phi) is 11.8. The molecule has 0 fully saturated rings. The van der Waals surface area contributed by atoms with Crippen molar-refractivity contribution in [3.05, 3.63) is 102 Å². The normalized spacial score (nSPS) is 10.4. The molecule has 39 heavy (non-hydrogen) atoms. The Morgan fingerprint density at radius 1 is 0.641 bits per heavy atom. The second-order valence-electron chi connectivity index (χ2n) is 8.81. The van der Waals surface area contributed by atoms with Crippen molar-refractivity contribution in [2.24, 2.45) is 0 Å². The van der Waals surface area contributed by atoms with Crippen molar-refractivity contribution in [1.82, 2.24) is 0 Å². The molecule has 0 aliphatic heterocycles. The predicted molar refractivity (Wildman–Crippen MR) is 148 cm³/mol. The van der Waals surface area contributed by atoms with E-state index in [4.69, 9.17) is 18.9 Å². The van der Waals surface area contributed by atoms with E-state index in [9.17, 15) is 14.4 Å². The Hall–Kier alpha value is -4.39. The highest BCUT2D eigenvalue weighted by Gasteiger charge is 2.12. The zero-order valence-corrected chi connectivity index (χ0v) is 22.2. The zero-order chi connectivity index (χ0) is 27.9. The molecule has 0 bridgehead atoms. The minimum absolute atomic E-state index is 0.322. The fourth-order valence-electron chi connectivity index (χ4n) is 3.63. The molecular formula is C32H34O7. The molecule has 0 atom stereocenters. The number of carbonyl (C=O) groups is 3. The van der Waals surface area contributed by atoms with Gasteiger partial charge in [0.15, 0.2) is 0 Å². The number of unbranched alkanes of at least 4 members (excludes halogenated alkanes) is 4. The van der Waals surface area contributed by atoms with Crippen molar-refractivity contribution in [3.63, 3.8) is 0 Å². The molecule has 0 saturated heterocycles. The van der Waals surface area contributed by atoms with E-state index in [2.05, 4.69) is 13.5 Å². The Morgan fingerprint density at radius 3 is 1.62 bits per heavy atom. The van der Waals surface area contributed by atoms with Gasteiger partial charge in [-0.05, 0) is 85.5 Å².